The summed E-state index contributed by atoms with van der Waals surface area (Å²) in [5.74, 6) is -1.29. The lowest BCUT2D eigenvalue weighted by atomic mass is 9.92. The summed E-state index contributed by atoms with van der Waals surface area (Å²) >= 11 is 0. The van der Waals surface area contributed by atoms with Gasteiger partial charge in [-0.1, -0.05) is 20.8 Å². The van der Waals surface area contributed by atoms with Crippen LogP contribution in [-0.4, -0.2) is 23.4 Å². The lowest BCUT2D eigenvalue weighted by Gasteiger charge is -2.28. The van der Waals surface area contributed by atoms with Crippen molar-refractivity contribution >= 4 is 5.91 Å². The number of benzene rings is 1. The van der Waals surface area contributed by atoms with Crippen molar-refractivity contribution in [3.8, 4) is 0 Å². The van der Waals surface area contributed by atoms with Crippen LogP contribution >= 0.6 is 0 Å². The number of carbonyl (C=O) groups is 1. The van der Waals surface area contributed by atoms with Crippen molar-refractivity contribution in [2.45, 2.75) is 46.3 Å². The van der Waals surface area contributed by atoms with Crippen LogP contribution < -0.4 is 5.32 Å². The molecule has 1 aromatic carbocycles. The number of amides is 1. The van der Waals surface area contributed by atoms with Crippen molar-refractivity contribution in [2.24, 2.45) is 5.41 Å². The van der Waals surface area contributed by atoms with E-state index in [2.05, 4.69) is 26.1 Å². The number of carbonyl (C=O) groups excluding carboxylic acids is 1. The first-order chi connectivity index (χ1) is 9.69. The van der Waals surface area contributed by atoms with Crippen LogP contribution in [0.4, 0.5) is 8.78 Å². The first-order valence-electron chi connectivity index (χ1n) is 7.20. The van der Waals surface area contributed by atoms with Gasteiger partial charge in [0.1, 0.15) is 17.8 Å². The summed E-state index contributed by atoms with van der Waals surface area (Å²) in [6.45, 7) is 8.59. The normalized spacial score (nSPS) is 23.0. The van der Waals surface area contributed by atoms with Gasteiger partial charge < -0.3 is 4.90 Å². The molecule has 0 radical (unpaired) electrons. The molecule has 0 bridgehead atoms. The molecule has 0 spiro atoms. The fraction of sp³-hybridized carbons (Fsp3) is 0.562. The third kappa shape index (κ3) is 3.59. The molecule has 0 saturated carbocycles. The van der Waals surface area contributed by atoms with Gasteiger partial charge in [-0.05, 0) is 30.9 Å². The summed E-state index contributed by atoms with van der Waals surface area (Å²) in [7, 11) is 0. The molecule has 1 saturated heterocycles. The van der Waals surface area contributed by atoms with Crippen molar-refractivity contribution in [1.29, 1.82) is 0 Å². The van der Waals surface area contributed by atoms with E-state index in [1.165, 1.54) is 12.1 Å². The summed E-state index contributed by atoms with van der Waals surface area (Å²) in [5.41, 5.74) is 0.390. The molecule has 3 nitrogen and oxygen atoms in total. The Morgan fingerprint density at radius 1 is 1.29 bits per heavy atom. The number of nitrogens with one attached hydrogen (secondary N) is 1. The average Bonchev–Trinajstić information content (AvgIpc) is 2.62. The predicted octanol–water partition coefficient (Wildman–Crippen LogP) is 3.22. The van der Waals surface area contributed by atoms with E-state index in [-0.39, 0.29) is 17.4 Å². The minimum Gasteiger partial charge on any atom is -0.321 e. The van der Waals surface area contributed by atoms with Crippen LogP contribution in [-0.2, 0) is 4.79 Å². The Labute approximate surface area is 124 Å². The van der Waals surface area contributed by atoms with Crippen LogP contribution in [0.1, 0.15) is 45.8 Å². The third-order valence-electron chi connectivity index (χ3n) is 3.73. The van der Waals surface area contributed by atoms with Gasteiger partial charge in [-0.2, -0.15) is 0 Å². The lowest BCUT2D eigenvalue weighted by Crippen LogP contribution is -2.33. The minimum absolute atomic E-state index is 0.0482. The maximum Gasteiger partial charge on any atom is 0.241 e. The lowest BCUT2D eigenvalue weighted by molar-refractivity contribution is -0.130. The van der Waals surface area contributed by atoms with Crippen molar-refractivity contribution < 1.29 is 13.6 Å². The Balaban J connectivity index is 2.25. The van der Waals surface area contributed by atoms with E-state index in [0.29, 0.717) is 12.1 Å². The van der Waals surface area contributed by atoms with Crippen LogP contribution in [0.3, 0.4) is 0 Å². The van der Waals surface area contributed by atoms with Crippen LogP contribution in [0.25, 0.3) is 0 Å². The molecule has 1 fully saturated rings. The fourth-order valence-corrected chi connectivity index (χ4v) is 2.45. The van der Waals surface area contributed by atoms with Crippen LogP contribution in [0, 0.1) is 17.0 Å². The molecule has 0 aliphatic carbocycles. The first kappa shape index (κ1) is 15.9. The van der Waals surface area contributed by atoms with Gasteiger partial charge >= 0.3 is 0 Å². The van der Waals surface area contributed by atoms with Gasteiger partial charge in [-0.3, -0.25) is 10.1 Å². The van der Waals surface area contributed by atoms with Crippen molar-refractivity contribution in [3.05, 3.63) is 35.4 Å². The maximum atomic E-state index is 14.0. The van der Waals surface area contributed by atoms with Crippen molar-refractivity contribution in [2.75, 3.05) is 6.54 Å². The monoisotopic (exact) mass is 296 g/mol. The van der Waals surface area contributed by atoms with Gasteiger partial charge in [0.25, 0.3) is 0 Å². The highest BCUT2D eigenvalue weighted by Gasteiger charge is 2.38. The molecule has 0 aromatic heterocycles. The molecule has 1 aromatic rings. The van der Waals surface area contributed by atoms with E-state index >= 15 is 0 Å². The molecular formula is C16H22F2N2O. The zero-order chi connectivity index (χ0) is 15.8. The fourth-order valence-electron chi connectivity index (χ4n) is 2.45. The first-order valence-corrected chi connectivity index (χ1v) is 7.20. The molecule has 1 heterocycles. The van der Waals surface area contributed by atoms with Gasteiger partial charge in [0.2, 0.25) is 5.91 Å². The Kier molecular flexibility index (Phi) is 4.33. The third-order valence-corrected chi connectivity index (χ3v) is 3.73. The molecule has 2 atom stereocenters. The number of halogens is 2. The summed E-state index contributed by atoms with van der Waals surface area (Å²) in [4.78, 5) is 13.9. The Bertz CT molecular complexity index is 540. The van der Waals surface area contributed by atoms with Crippen LogP contribution in [0.2, 0.25) is 0 Å². The molecule has 1 aliphatic heterocycles. The molecule has 1 aliphatic rings. The average molecular weight is 296 g/mol. The van der Waals surface area contributed by atoms with Crippen molar-refractivity contribution in [1.82, 2.24) is 10.2 Å². The highest BCUT2D eigenvalue weighted by Crippen LogP contribution is 2.30. The van der Waals surface area contributed by atoms with E-state index < -0.39 is 17.8 Å². The molecule has 21 heavy (non-hydrogen) atoms. The summed E-state index contributed by atoms with van der Waals surface area (Å²) in [6, 6.07) is 3.11. The SMILES string of the molecule is CC1NC(c2ccc(F)cc2F)N(CCC(C)(C)C)C1=O. The zero-order valence-corrected chi connectivity index (χ0v) is 12.9. The van der Waals surface area contributed by atoms with Crippen LogP contribution in [0.15, 0.2) is 18.2 Å². The molecule has 1 amide bonds. The minimum atomic E-state index is -0.629. The van der Waals surface area contributed by atoms with Gasteiger partial charge in [0.15, 0.2) is 0 Å². The number of rotatable bonds is 3. The smallest absolute Gasteiger partial charge is 0.241 e. The molecule has 5 heteroatoms. The number of nitrogens with zero attached hydrogens (tertiary/aromatic N) is 1. The number of hydrogen-bond donors (Lipinski definition) is 1. The molecular weight excluding hydrogens is 274 g/mol. The molecule has 2 rings (SSSR count). The Hall–Kier alpha value is -1.49. The molecule has 1 N–H and O–H groups in total. The van der Waals surface area contributed by atoms with E-state index in [0.717, 1.165) is 12.5 Å². The predicted molar refractivity (Wildman–Crippen MR) is 77.5 cm³/mol. The largest absolute Gasteiger partial charge is 0.321 e. The van der Waals surface area contributed by atoms with Gasteiger partial charge in [0.05, 0.1) is 6.04 Å². The second-order valence-corrected chi connectivity index (χ2v) is 6.80. The van der Waals surface area contributed by atoms with Gasteiger partial charge in [0, 0.05) is 18.2 Å². The van der Waals surface area contributed by atoms with Gasteiger partial charge in [-0.15, -0.1) is 0 Å². The van der Waals surface area contributed by atoms with E-state index in [9.17, 15) is 13.6 Å². The van der Waals surface area contributed by atoms with E-state index in [1.807, 2.05) is 0 Å². The van der Waals surface area contributed by atoms with Crippen molar-refractivity contribution in [3.63, 3.8) is 0 Å². The summed E-state index contributed by atoms with van der Waals surface area (Å²) in [5, 5.41) is 3.08. The van der Waals surface area contributed by atoms with E-state index in [4.69, 9.17) is 0 Å². The maximum absolute atomic E-state index is 14.0. The molecule has 116 valence electrons. The quantitative estimate of drug-likeness (QED) is 0.929. The second-order valence-electron chi connectivity index (χ2n) is 6.80. The zero-order valence-electron chi connectivity index (χ0n) is 12.9. The highest BCUT2D eigenvalue weighted by atomic mass is 19.1. The van der Waals surface area contributed by atoms with Crippen LogP contribution in [0.5, 0.6) is 0 Å². The van der Waals surface area contributed by atoms with E-state index in [1.54, 1.807) is 11.8 Å². The molecule has 2 unspecified atom stereocenters. The Morgan fingerprint density at radius 3 is 2.52 bits per heavy atom. The second kappa shape index (κ2) is 5.72. The number of hydrogen-bond acceptors (Lipinski definition) is 2. The standard InChI is InChI=1S/C16H22F2N2O/c1-10-15(21)20(8-7-16(2,3)4)14(19-10)12-6-5-11(17)9-13(12)18/h5-6,9-10,14,19H,7-8H2,1-4H3. The highest BCUT2D eigenvalue weighted by molar-refractivity contribution is 5.84. The van der Waals surface area contributed by atoms with Gasteiger partial charge in [-0.25, -0.2) is 8.78 Å². The Morgan fingerprint density at radius 2 is 1.95 bits per heavy atom. The summed E-state index contributed by atoms with van der Waals surface area (Å²) in [6.07, 6.45) is 0.280. The topological polar surface area (TPSA) is 32.3 Å². The summed E-state index contributed by atoms with van der Waals surface area (Å²) < 4.78 is 27.0.